The molecule has 0 aliphatic carbocycles. The molecule has 2 saturated heterocycles. The molecule has 0 amide bonds. The van der Waals surface area contributed by atoms with Gasteiger partial charge in [-0.1, -0.05) is 0 Å². The number of aliphatic carboxylic acids is 3. The van der Waals surface area contributed by atoms with E-state index in [-0.39, 0.29) is 37.2 Å². The zero-order valence-electron chi connectivity index (χ0n) is 22.7. The highest BCUT2D eigenvalue weighted by Gasteiger charge is 2.78. The van der Waals surface area contributed by atoms with Crippen molar-refractivity contribution in [2.45, 2.75) is 121 Å². The van der Waals surface area contributed by atoms with Crippen molar-refractivity contribution >= 4 is 29.5 Å². The van der Waals surface area contributed by atoms with Crippen LogP contribution in [0.1, 0.15) is 87.5 Å². The summed E-state index contributed by atoms with van der Waals surface area (Å²) in [5.41, 5.74) is -9.54. The molecule has 210 valence electrons. The highest BCUT2D eigenvalue weighted by molar-refractivity contribution is 5.91. The van der Waals surface area contributed by atoms with Gasteiger partial charge in [-0.25, -0.2) is 14.8 Å². The van der Waals surface area contributed by atoms with Gasteiger partial charge in [0.15, 0.2) is 11.1 Å². The summed E-state index contributed by atoms with van der Waals surface area (Å²) in [4.78, 5) is 67.4. The van der Waals surface area contributed by atoms with Crippen LogP contribution < -0.4 is 0 Å². The number of likely N-dealkylation sites (tertiary alicyclic amines) is 1. The van der Waals surface area contributed by atoms with Gasteiger partial charge in [0.05, 0.1) is 32.1 Å². The zero-order valence-corrected chi connectivity index (χ0v) is 22.7. The number of ketones is 2. The lowest BCUT2D eigenvalue weighted by Gasteiger charge is -2.60. The van der Waals surface area contributed by atoms with Crippen molar-refractivity contribution in [3.05, 3.63) is 0 Å². The van der Waals surface area contributed by atoms with Crippen molar-refractivity contribution < 1.29 is 64.0 Å². The van der Waals surface area contributed by atoms with Gasteiger partial charge in [0.25, 0.3) is 6.04 Å². The predicted molar refractivity (Wildman–Crippen MR) is 124 cm³/mol. The summed E-state index contributed by atoms with van der Waals surface area (Å²) in [6.07, 6.45) is -2.68. The Hall–Kier alpha value is -2.45. The van der Waals surface area contributed by atoms with Gasteiger partial charge in [0.2, 0.25) is 0 Å². The SMILES string of the molecule is CC1(C)CC(=O)CC(C)(C)[N+]1(O)OC(CC(=O)O)(C(=O)O)C(C(=O)O)[N+]1(O)C(C)(C)CC(=O)CC1(C)C. The van der Waals surface area contributed by atoms with Crippen molar-refractivity contribution in [1.82, 2.24) is 0 Å². The maximum Gasteiger partial charge on any atom is 0.369 e. The lowest BCUT2D eigenvalue weighted by molar-refractivity contribution is -1.31. The number of hydrogen-bond acceptors (Lipinski definition) is 8. The van der Waals surface area contributed by atoms with Crippen LogP contribution in [0.5, 0.6) is 0 Å². The molecule has 2 aliphatic heterocycles. The van der Waals surface area contributed by atoms with Crippen molar-refractivity contribution in [1.29, 1.82) is 0 Å². The fourth-order valence-corrected chi connectivity index (χ4v) is 6.63. The number of carboxylic acids is 3. The first-order valence-corrected chi connectivity index (χ1v) is 12.0. The number of carbonyl (C=O) groups excluding carboxylic acids is 2. The Bertz CT molecular complexity index is 990. The molecule has 2 heterocycles. The van der Waals surface area contributed by atoms with Gasteiger partial charge in [-0.15, -0.1) is 4.84 Å². The number of rotatable bonds is 8. The van der Waals surface area contributed by atoms with Crippen LogP contribution >= 0.6 is 0 Å². The number of quaternary nitrogens is 2. The molecule has 0 aromatic rings. The lowest BCUT2D eigenvalue weighted by atomic mass is 9.73. The van der Waals surface area contributed by atoms with E-state index in [1.165, 1.54) is 55.4 Å². The quantitative estimate of drug-likeness (QED) is 0.286. The summed E-state index contributed by atoms with van der Waals surface area (Å²) in [6, 6.07) is -2.52. The normalized spacial score (nSPS) is 27.5. The molecule has 13 nitrogen and oxygen atoms in total. The van der Waals surface area contributed by atoms with Crippen LogP contribution in [-0.4, -0.2) is 98.5 Å². The summed E-state index contributed by atoms with van der Waals surface area (Å²) in [5, 5.41) is 55.0. The molecule has 2 atom stereocenters. The molecule has 37 heavy (non-hydrogen) atoms. The number of carbonyl (C=O) groups is 5. The van der Waals surface area contributed by atoms with E-state index in [9.17, 15) is 49.7 Å². The van der Waals surface area contributed by atoms with Gasteiger partial charge < -0.3 is 15.3 Å². The zero-order chi connectivity index (χ0) is 29.2. The molecule has 0 saturated carbocycles. The number of hydroxylamine groups is 7. The van der Waals surface area contributed by atoms with E-state index in [1.54, 1.807) is 0 Å². The molecule has 2 aliphatic rings. The number of hydrogen-bond donors (Lipinski definition) is 5. The van der Waals surface area contributed by atoms with Gasteiger partial charge in [0.1, 0.15) is 22.6 Å². The first-order valence-electron chi connectivity index (χ1n) is 12.0. The minimum absolute atomic E-state index is 0.266. The van der Waals surface area contributed by atoms with Crippen molar-refractivity contribution in [2.24, 2.45) is 0 Å². The van der Waals surface area contributed by atoms with Crippen LogP contribution in [0.3, 0.4) is 0 Å². The Kier molecular flexibility index (Phi) is 7.32. The highest BCUT2D eigenvalue weighted by atomic mass is 16.9. The van der Waals surface area contributed by atoms with Crippen molar-refractivity contribution in [3.8, 4) is 0 Å². The summed E-state index contributed by atoms with van der Waals surface area (Å²) in [7, 11) is 0. The van der Waals surface area contributed by atoms with E-state index in [1.807, 2.05) is 0 Å². The van der Waals surface area contributed by atoms with Gasteiger partial charge in [-0.05, 0) is 60.2 Å². The largest absolute Gasteiger partial charge is 0.481 e. The second kappa shape index (κ2) is 8.80. The van der Waals surface area contributed by atoms with Crippen LogP contribution in [0.4, 0.5) is 0 Å². The Morgan fingerprint density at radius 1 is 0.784 bits per heavy atom. The smallest absolute Gasteiger partial charge is 0.369 e. The summed E-state index contributed by atoms with van der Waals surface area (Å²) >= 11 is 0. The van der Waals surface area contributed by atoms with E-state index >= 15 is 0 Å². The second-order valence-corrected chi connectivity index (χ2v) is 12.9. The van der Waals surface area contributed by atoms with Crippen LogP contribution in [0.15, 0.2) is 0 Å². The average Bonchev–Trinajstić information content (AvgIpc) is 2.62. The molecule has 2 unspecified atom stereocenters. The molecular formula is C24H40N2O11+2. The first kappa shape index (κ1) is 30.8. The van der Waals surface area contributed by atoms with E-state index in [4.69, 9.17) is 4.84 Å². The lowest BCUT2D eigenvalue weighted by Crippen LogP contribution is -2.85. The number of carboxylic acid groups (broad SMARTS) is 3. The molecule has 0 radical (unpaired) electrons. The van der Waals surface area contributed by atoms with Crippen LogP contribution in [0, 0.1) is 0 Å². The minimum Gasteiger partial charge on any atom is -0.481 e. The van der Waals surface area contributed by atoms with Crippen LogP contribution in [-0.2, 0) is 28.8 Å². The maximum atomic E-state index is 13.0. The van der Waals surface area contributed by atoms with Crippen molar-refractivity contribution in [2.75, 3.05) is 0 Å². The van der Waals surface area contributed by atoms with Gasteiger partial charge in [-0.3, -0.25) is 14.4 Å². The number of nitrogens with zero attached hydrogens (tertiary/aromatic N) is 2. The van der Waals surface area contributed by atoms with Gasteiger partial charge in [0, 0.05) is 0 Å². The third-order valence-electron chi connectivity index (χ3n) is 8.13. The molecule has 0 aromatic carbocycles. The summed E-state index contributed by atoms with van der Waals surface area (Å²) in [5.74, 6) is -6.29. The van der Waals surface area contributed by atoms with Crippen LogP contribution in [0.2, 0.25) is 0 Å². The summed E-state index contributed by atoms with van der Waals surface area (Å²) < 4.78 is -1.57. The number of piperidine rings is 2. The van der Waals surface area contributed by atoms with E-state index in [0.29, 0.717) is 0 Å². The molecule has 0 aromatic heterocycles. The monoisotopic (exact) mass is 532 g/mol. The Balaban J connectivity index is 2.99. The Labute approximate surface area is 215 Å². The second-order valence-electron chi connectivity index (χ2n) is 12.9. The molecule has 13 heteroatoms. The molecule has 0 bridgehead atoms. The topological polar surface area (TPSA) is 196 Å². The van der Waals surface area contributed by atoms with Gasteiger partial charge >= 0.3 is 23.5 Å². The standard InChI is InChI=1S/C24H38N2O11/c1-20(2)9-14(27)10-21(3,4)25(20,35)17(18(31)32)24(19(33)34,13-16(29)30)37-26(36)22(5,6)11-15(28)12-23(26,7)8/h17,35-36H,9-13H2,1-8H3,(H-2,29,30,31,32,33,34)/p+2. The fourth-order valence-electron chi connectivity index (χ4n) is 6.63. The number of Topliss-reactive ketones (excluding diaryl/α,β-unsaturated/α-hetero) is 2. The van der Waals surface area contributed by atoms with E-state index < -0.39 is 67.6 Å². The van der Waals surface area contributed by atoms with Crippen molar-refractivity contribution in [3.63, 3.8) is 0 Å². The van der Waals surface area contributed by atoms with E-state index in [2.05, 4.69) is 0 Å². The van der Waals surface area contributed by atoms with Crippen LogP contribution in [0.25, 0.3) is 0 Å². The van der Waals surface area contributed by atoms with Gasteiger partial charge in [-0.2, -0.15) is 9.85 Å². The Morgan fingerprint density at radius 3 is 1.43 bits per heavy atom. The predicted octanol–water partition coefficient (Wildman–Crippen LogP) is 1.92. The third kappa shape index (κ3) is 4.46. The first-order chi connectivity index (χ1) is 16.3. The molecule has 5 N–H and O–H groups in total. The third-order valence-corrected chi connectivity index (χ3v) is 8.13. The average molecular weight is 533 g/mol. The minimum atomic E-state index is -3.26. The molecule has 2 fully saturated rings. The molecule has 2 rings (SSSR count). The Morgan fingerprint density at radius 2 is 1.14 bits per heavy atom. The summed E-state index contributed by atoms with van der Waals surface area (Å²) in [6.45, 7) is 11.2. The maximum absolute atomic E-state index is 13.0. The molecule has 0 spiro atoms. The highest BCUT2D eigenvalue weighted by Crippen LogP contribution is 2.52. The van der Waals surface area contributed by atoms with E-state index in [0.717, 1.165) is 0 Å². The fraction of sp³-hybridized carbons (Fsp3) is 0.792. The molecular weight excluding hydrogens is 492 g/mol.